The molecule has 0 bridgehead atoms. The van der Waals surface area contributed by atoms with Crippen molar-refractivity contribution in [3.8, 4) is 28.5 Å². The number of hydrogen-bond acceptors (Lipinski definition) is 6. The number of aliphatic carboxylic acids is 1. The molecule has 0 amide bonds. The Labute approximate surface area is 354 Å². The van der Waals surface area contributed by atoms with Crippen molar-refractivity contribution in [3.63, 3.8) is 0 Å². The zero-order valence-electron chi connectivity index (χ0n) is 31.0. The highest BCUT2D eigenvalue weighted by Gasteiger charge is 2.43. The number of thioether (sulfide) groups is 1. The summed E-state index contributed by atoms with van der Waals surface area (Å²) in [7, 11) is 0. The van der Waals surface area contributed by atoms with Crippen LogP contribution in [-0.4, -0.2) is 57.2 Å². The van der Waals surface area contributed by atoms with Crippen molar-refractivity contribution in [1.82, 2.24) is 19.9 Å². The fourth-order valence-corrected chi connectivity index (χ4v) is 8.82. The second kappa shape index (κ2) is 19.4. The lowest BCUT2D eigenvalue weighted by Gasteiger charge is -2.39. The second-order valence-electron chi connectivity index (χ2n) is 13.9. The first-order chi connectivity index (χ1) is 26.2. The maximum atomic E-state index is 11.2. The molecule has 3 heterocycles. The van der Waals surface area contributed by atoms with Gasteiger partial charge in [0, 0.05) is 43.0 Å². The highest BCUT2D eigenvalue weighted by Crippen LogP contribution is 2.47. The fraction of sp³-hybridized carbons (Fsp3) is 0.256. The third-order valence-electron chi connectivity index (χ3n) is 10.0. The van der Waals surface area contributed by atoms with Crippen LogP contribution >= 0.6 is 47.4 Å². The van der Waals surface area contributed by atoms with E-state index in [1.54, 1.807) is 18.7 Å². The molecule has 0 saturated carbocycles. The summed E-state index contributed by atoms with van der Waals surface area (Å²) in [5, 5.41) is 20.0. The number of para-hydroxylation sites is 2. The fourth-order valence-electron chi connectivity index (χ4n) is 6.95. The molecule has 1 unspecified atom stereocenters. The topological polar surface area (TPSA) is 84.4 Å². The van der Waals surface area contributed by atoms with Crippen LogP contribution in [0.3, 0.4) is 0 Å². The molecular formula is C43H43Cl4N5O3S. The summed E-state index contributed by atoms with van der Waals surface area (Å²) in [4.78, 5) is 18.2. The van der Waals surface area contributed by atoms with Gasteiger partial charge in [-0.3, -0.25) is 4.79 Å². The normalized spacial score (nSPS) is 14.6. The molecule has 56 heavy (non-hydrogen) atoms. The molecule has 1 saturated heterocycles. The number of halogens is 4. The Morgan fingerprint density at radius 1 is 0.911 bits per heavy atom. The van der Waals surface area contributed by atoms with Gasteiger partial charge in [0.2, 0.25) is 0 Å². The zero-order chi connectivity index (χ0) is 37.7. The Hall–Kier alpha value is -4.09. The Morgan fingerprint density at radius 2 is 1.52 bits per heavy atom. The van der Waals surface area contributed by atoms with E-state index in [1.807, 2.05) is 120 Å². The smallest absolute Gasteiger partial charge is 0.340 e. The zero-order valence-corrected chi connectivity index (χ0v) is 34.9. The molecule has 1 spiro atoms. The largest absolute Gasteiger partial charge is 1.00 e. The number of carboxylic acid groups (broad SMARTS) is 1. The average molecular weight is 852 g/mol. The van der Waals surface area contributed by atoms with Gasteiger partial charge >= 0.3 is 11.8 Å². The first-order valence-electron chi connectivity index (χ1n) is 18.0. The number of benzene rings is 5. The number of carbonyl (C=O) groups is 1. The van der Waals surface area contributed by atoms with E-state index in [0.29, 0.717) is 34.8 Å². The molecular weight excluding hydrogens is 808 g/mol. The number of fused-ring (bicyclic) bond motifs is 2. The molecule has 1 atom stereocenters. The lowest BCUT2D eigenvalue weighted by molar-refractivity contribution is -0.734. The summed E-state index contributed by atoms with van der Waals surface area (Å²) in [6, 6.07) is 40.4. The maximum absolute atomic E-state index is 11.2. The van der Waals surface area contributed by atoms with E-state index in [-0.39, 0.29) is 36.1 Å². The molecule has 2 aliphatic heterocycles. The van der Waals surface area contributed by atoms with Crippen LogP contribution in [0.25, 0.3) is 22.8 Å². The van der Waals surface area contributed by atoms with E-state index < -0.39 is 5.97 Å². The van der Waals surface area contributed by atoms with Crippen LogP contribution < -0.4 is 21.9 Å². The van der Waals surface area contributed by atoms with Crippen LogP contribution in [0.5, 0.6) is 5.75 Å². The number of carboxylic acids is 1. The van der Waals surface area contributed by atoms with Crippen molar-refractivity contribution in [2.24, 2.45) is 5.92 Å². The highest BCUT2D eigenvalue weighted by atomic mass is 35.5. The molecule has 2 aliphatic rings. The Kier molecular flexibility index (Phi) is 14.9. The SMILES string of the molecule is Cc1cc(Cl)c(CSc2ccc3c(c2)OCC32CCN(CC(C)C(=O)O)CC2)c(Cl)c1.Cl.[Cl-].c1ccc(-c2nn(-c3ccccc3)[n+](-c3ccccc3)n2)cc1. The maximum Gasteiger partial charge on any atom is 0.340 e. The first-order valence-corrected chi connectivity index (χ1v) is 19.8. The van der Waals surface area contributed by atoms with Crippen LogP contribution in [-0.2, 0) is 16.0 Å². The van der Waals surface area contributed by atoms with Gasteiger partial charge in [-0.2, -0.15) is 0 Å². The van der Waals surface area contributed by atoms with Crippen molar-refractivity contribution in [2.75, 3.05) is 26.2 Å². The van der Waals surface area contributed by atoms with Crippen LogP contribution in [0.1, 0.15) is 36.5 Å². The van der Waals surface area contributed by atoms with Gasteiger partial charge in [-0.1, -0.05) is 90.8 Å². The predicted molar refractivity (Wildman–Crippen MR) is 222 cm³/mol. The number of ether oxygens (including phenoxy) is 1. The summed E-state index contributed by atoms with van der Waals surface area (Å²) in [5.41, 5.74) is 6.27. The van der Waals surface area contributed by atoms with E-state index >= 15 is 0 Å². The van der Waals surface area contributed by atoms with Crippen molar-refractivity contribution >= 4 is 53.3 Å². The minimum atomic E-state index is -0.729. The van der Waals surface area contributed by atoms with Gasteiger partial charge in [-0.05, 0) is 115 Å². The predicted octanol–water partition coefficient (Wildman–Crippen LogP) is 6.68. The standard InChI is InChI=1S/C24H27Cl2NO3S.C19H15N4.2ClH/c1-15-9-20(25)18(21(26)10-15)13-31-17-3-4-19-22(11-17)30-14-24(19)5-7-27(8-6-24)12-16(2)23(28)29;1-4-10-16(11-5-1)19-20-22(17-12-6-2-7-13-17)23(21-19)18-14-8-3-9-15-18;;/h3-4,9-11,16H,5-8,12-14H2,1-2H3,(H,28,29);1-15H;2*1H/q;+1;;/p-1. The number of likely N-dealkylation sites (tertiary alicyclic amines) is 1. The number of tetrazole rings is 1. The molecule has 8 nitrogen and oxygen atoms in total. The van der Waals surface area contributed by atoms with Crippen LogP contribution in [0.15, 0.2) is 126 Å². The molecule has 1 fully saturated rings. The number of piperidine rings is 1. The van der Waals surface area contributed by atoms with E-state index in [0.717, 1.165) is 64.6 Å². The third-order valence-corrected chi connectivity index (χ3v) is 11.7. The molecule has 292 valence electrons. The Morgan fingerprint density at radius 3 is 2.14 bits per heavy atom. The molecule has 13 heteroatoms. The van der Waals surface area contributed by atoms with Gasteiger partial charge in [0.05, 0.1) is 23.2 Å². The number of rotatable bonds is 9. The molecule has 1 N–H and O–H groups in total. The van der Waals surface area contributed by atoms with Gasteiger partial charge in [-0.25, -0.2) is 0 Å². The molecule has 0 aliphatic carbocycles. The quantitative estimate of drug-likeness (QED) is 0.129. The van der Waals surface area contributed by atoms with Gasteiger partial charge in [0.25, 0.3) is 0 Å². The summed E-state index contributed by atoms with van der Waals surface area (Å²) in [6.45, 7) is 6.88. The molecule has 5 aromatic carbocycles. The number of aryl methyl sites for hydroxylation is 1. The summed E-state index contributed by atoms with van der Waals surface area (Å²) < 4.78 is 6.12. The minimum absolute atomic E-state index is 0. The van der Waals surface area contributed by atoms with E-state index in [4.69, 9.17) is 43.2 Å². The van der Waals surface area contributed by atoms with E-state index in [2.05, 4.69) is 23.1 Å². The number of nitrogens with zero attached hydrogens (tertiary/aromatic N) is 5. The first kappa shape index (κ1) is 43.0. The third kappa shape index (κ3) is 9.88. The summed E-state index contributed by atoms with van der Waals surface area (Å²) in [6.07, 6.45) is 1.99. The van der Waals surface area contributed by atoms with Crippen LogP contribution in [0.4, 0.5) is 0 Å². The monoisotopic (exact) mass is 849 g/mol. The summed E-state index contributed by atoms with van der Waals surface area (Å²) in [5.74, 6) is 1.31. The lowest BCUT2D eigenvalue weighted by atomic mass is 9.74. The van der Waals surface area contributed by atoms with Gasteiger partial charge in [0.15, 0.2) is 5.69 Å². The number of aromatic nitrogens is 4. The van der Waals surface area contributed by atoms with Gasteiger partial charge in [-0.15, -0.1) is 24.2 Å². The summed E-state index contributed by atoms with van der Waals surface area (Å²) >= 11 is 14.5. The molecule has 0 radical (unpaired) electrons. The van der Waals surface area contributed by atoms with Crippen molar-refractivity contribution in [3.05, 3.63) is 148 Å². The second-order valence-corrected chi connectivity index (χ2v) is 15.8. The van der Waals surface area contributed by atoms with Gasteiger partial charge < -0.3 is 27.2 Å². The average Bonchev–Trinajstić information content (AvgIpc) is 3.79. The van der Waals surface area contributed by atoms with Crippen molar-refractivity contribution < 1.29 is 31.8 Å². The van der Waals surface area contributed by atoms with E-state index in [9.17, 15) is 4.79 Å². The van der Waals surface area contributed by atoms with Gasteiger partial charge in [0.1, 0.15) is 11.4 Å². The van der Waals surface area contributed by atoms with Crippen LogP contribution in [0.2, 0.25) is 10.0 Å². The Balaban J connectivity index is 0.000000215. The molecule has 8 rings (SSSR count). The van der Waals surface area contributed by atoms with Crippen molar-refractivity contribution in [2.45, 2.75) is 42.8 Å². The van der Waals surface area contributed by atoms with Crippen LogP contribution in [0, 0.1) is 12.8 Å². The lowest BCUT2D eigenvalue weighted by Crippen LogP contribution is -3.00. The number of hydrogen-bond donors (Lipinski definition) is 1. The minimum Gasteiger partial charge on any atom is -1.00 e. The molecule has 1 aromatic heterocycles. The van der Waals surface area contributed by atoms with E-state index in [1.165, 1.54) is 5.56 Å². The molecule has 6 aromatic rings. The Bertz CT molecular complexity index is 2140. The highest BCUT2D eigenvalue weighted by molar-refractivity contribution is 7.98. The van der Waals surface area contributed by atoms with Crippen molar-refractivity contribution in [1.29, 1.82) is 0 Å².